The Morgan fingerprint density at radius 3 is 2.70 bits per heavy atom. The summed E-state index contributed by atoms with van der Waals surface area (Å²) in [5.74, 6) is 1.40. The number of rotatable bonds is 8. The summed E-state index contributed by atoms with van der Waals surface area (Å²) in [7, 11) is 0. The van der Waals surface area contributed by atoms with Gasteiger partial charge in [0.1, 0.15) is 11.5 Å². The second-order valence-corrected chi connectivity index (χ2v) is 10.7. The summed E-state index contributed by atoms with van der Waals surface area (Å²) in [5, 5.41) is 11.9. The minimum Gasteiger partial charge on any atom is -0.479 e. The van der Waals surface area contributed by atoms with Crippen LogP contribution in [-0.4, -0.2) is 53.3 Å². The molecule has 2 aliphatic rings. The molecule has 0 amide bonds. The number of aromatic nitrogens is 1. The predicted molar refractivity (Wildman–Crippen MR) is 155 cm³/mol. The molecular formula is C32H35ClN2O5. The number of esters is 1. The standard InChI is InChI=1S/C32H35ClN2O5/c1-3-38-31(36)22(2)39-28-9-4-10-29-27(28)21-23(26-8-5-17-34-30(26)40-29)7-6-18-35-19-15-32(37,16-20-35)24-11-13-25(33)14-12-24/h4-5,7-14,17,22,37H,3,6,15-16,18-21H2,1-2H3/b23-7-. The molecule has 1 atom stereocenters. The molecule has 0 bridgehead atoms. The molecule has 1 saturated heterocycles. The van der Waals surface area contributed by atoms with Crippen molar-refractivity contribution in [1.29, 1.82) is 0 Å². The number of fused-ring (bicyclic) bond motifs is 2. The lowest BCUT2D eigenvalue weighted by molar-refractivity contribution is -0.150. The summed E-state index contributed by atoms with van der Waals surface area (Å²) < 4.78 is 17.4. The van der Waals surface area contributed by atoms with E-state index in [0.29, 0.717) is 48.3 Å². The first-order chi connectivity index (χ1) is 19.4. The highest BCUT2D eigenvalue weighted by atomic mass is 35.5. The van der Waals surface area contributed by atoms with Gasteiger partial charge in [0.25, 0.3) is 0 Å². The molecule has 1 aromatic heterocycles. The zero-order valence-corrected chi connectivity index (χ0v) is 23.7. The van der Waals surface area contributed by atoms with E-state index in [1.807, 2.05) is 54.6 Å². The number of pyridine rings is 1. The number of aliphatic hydroxyl groups is 1. The van der Waals surface area contributed by atoms with E-state index < -0.39 is 17.7 Å². The quantitative estimate of drug-likeness (QED) is 0.329. The zero-order valence-electron chi connectivity index (χ0n) is 22.9. The molecular weight excluding hydrogens is 528 g/mol. The van der Waals surface area contributed by atoms with E-state index >= 15 is 0 Å². The number of benzene rings is 2. The fourth-order valence-corrected chi connectivity index (χ4v) is 5.46. The summed E-state index contributed by atoms with van der Waals surface area (Å²) in [6, 6.07) is 17.1. The van der Waals surface area contributed by atoms with Gasteiger partial charge in [-0.1, -0.05) is 35.9 Å². The number of halogens is 1. The molecule has 3 heterocycles. The van der Waals surface area contributed by atoms with Crippen LogP contribution in [0.25, 0.3) is 5.57 Å². The second-order valence-electron chi connectivity index (χ2n) is 10.3. The molecule has 0 radical (unpaired) electrons. The van der Waals surface area contributed by atoms with Crippen LogP contribution < -0.4 is 9.47 Å². The van der Waals surface area contributed by atoms with Gasteiger partial charge in [0, 0.05) is 48.4 Å². The number of likely N-dealkylation sites (tertiary alicyclic amines) is 1. The number of hydrogen-bond acceptors (Lipinski definition) is 7. The van der Waals surface area contributed by atoms with E-state index in [-0.39, 0.29) is 0 Å². The van der Waals surface area contributed by atoms with E-state index in [4.69, 9.17) is 25.8 Å². The molecule has 0 saturated carbocycles. The minimum atomic E-state index is -0.816. The van der Waals surface area contributed by atoms with Crippen LogP contribution in [0.5, 0.6) is 17.4 Å². The largest absolute Gasteiger partial charge is 0.479 e. The third-order valence-corrected chi connectivity index (χ3v) is 7.86. The number of piperidine rings is 1. The first kappa shape index (κ1) is 28.1. The van der Waals surface area contributed by atoms with Gasteiger partial charge in [-0.2, -0.15) is 0 Å². The molecule has 1 fully saturated rings. The van der Waals surface area contributed by atoms with Crippen LogP contribution in [0, 0.1) is 0 Å². The fourth-order valence-electron chi connectivity index (χ4n) is 5.33. The molecule has 0 aliphatic carbocycles. The van der Waals surface area contributed by atoms with Crippen molar-refractivity contribution in [1.82, 2.24) is 9.88 Å². The van der Waals surface area contributed by atoms with Crippen LogP contribution >= 0.6 is 11.6 Å². The van der Waals surface area contributed by atoms with Gasteiger partial charge in [-0.05, 0) is 80.6 Å². The van der Waals surface area contributed by atoms with Crippen molar-refractivity contribution in [2.75, 3.05) is 26.2 Å². The molecule has 2 aromatic carbocycles. The Morgan fingerprint density at radius 1 is 1.18 bits per heavy atom. The molecule has 210 valence electrons. The Labute approximate surface area is 240 Å². The molecule has 1 unspecified atom stereocenters. The predicted octanol–water partition coefficient (Wildman–Crippen LogP) is 6.17. The summed E-state index contributed by atoms with van der Waals surface area (Å²) in [6.45, 7) is 6.27. The SMILES string of the molecule is CCOC(=O)C(C)Oc1cccc2c1C/C(=C/CCN1CCC(O)(c3ccc(Cl)cc3)CC1)c1cccnc1O2. The van der Waals surface area contributed by atoms with Gasteiger partial charge < -0.3 is 24.2 Å². The van der Waals surface area contributed by atoms with Crippen LogP contribution in [0.1, 0.15) is 49.8 Å². The number of carbonyl (C=O) groups is 1. The summed E-state index contributed by atoms with van der Waals surface area (Å²) in [6.07, 6.45) is 5.99. The maximum Gasteiger partial charge on any atom is 0.347 e. The number of ether oxygens (including phenoxy) is 3. The van der Waals surface area contributed by atoms with Crippen LogP contribution in [0.2, 0.25) is 5.02 Å². The van der Waals surface area contributed by atoms with Gasteiger partial charge in [-0.25, -0.2) is 9.78 Å². The Bertz CT molecular complexity index is 1370. The van der Waals surface area contributed by atoms with Crippen molar-refractivity contribution in [3.8, 4) is 17.4 Å². The molecule has 3 aromatic rings. The highest BCUT2D eigenvalue weighted by Gasteiger charge is 2.33. The van der Waals surface area contributed by atoms with Gasteiger partial charge in [-0.3, -0.25) is 0 Å². The van der Waals surface area contributed by atoms with E-state index in [1.165, 1.54) is 0 Å². The van der Waals surface area contributed by atoms with Crippen LogP contribution in [0.3, 0.4) is 0 Å². The molecule has 40 heavy (non-hydrogen) atoms. The van der Waals surface area contributed by atoms with E-state index in [2.05, 4.69) is 16.0 Å². The topological polar surface area (TPSA) is 81.1 Å². The maximum absolute atomic E-state index is 12.2. The number of allylic oxidation sites excluding steroid dienone is 1. The van der Waals surface area contributed by atoms with E-state index in [0.717, 1.165) is 48.3 Å². The second kappa shape index (κ2) is 12.4. The zero-order chi connectivity index (χ0) is 28.1. The van der Waals surface area contributed by atoms with Crippen LogP contribution in [0.15, 0.2) is 66.9 Å². The lowest BCUT2D eigenvalue weighted by Crippen LogP contribution is -2.42. The Kier molecular flexibility index (Phi) is 8.74. The molecule has 0 spiro atoms. The Hall–Kier alpha value is -3.39. The average molecular weight is 563 g/mol. The number of nitrogens with zero attached hydrogens (tertiary/aromatic N) is 2. The van der Waals surface area contributed by atoms with Crippen molar-refractivity contribution >= 4 is 23.1 Å². The van der Waals surface area contributed by atoms with Crippen molar-refractivity contribution in [2.45, 2.75) is 51.2 Å². The smallest absolute Gasteiger partial charge is 0.347 e. The van der Waals surface area contributed by atoms with E-state index in [1.54, 1.807) is 20.0 Å². The van der Waals surface area contributed by atoms with E-state index in [9.17, 15) is 9.90 Å². The van der Waals surface area contributed by atoms with Gasteiger partial charge in [0.15, 0.2) is 6.10 Å². The molecule has 2 aliphatic heterocycles. The minimum absolute atomic E-state index is 0.299. The highest BCUT2D eigenvalue weighted by molar-refractivity contribution is 6.30. The normalized spacial score (nSPS) is 18.1. The first-order valence-electron chi connectivity index (χ1n) is 13.8. The summed E-state index contributed by atoms with van der Waals surface area (Å²) >= 11 is 6.03. The Balaban J connectivity index is 1.30. The average Bonchev–Trinajstić information content (AvgIpc) is 3.12. The number of carbonyl (C=O) groups excluding carboxylic acids is 1. The van der Waals surface area contributed by atoms with Crippen molar-refractivity contribution in [3.05, 3.63) is 88.6 Å². The van der Waals surface area contributed by atoms with Gasteiger partial charge in [0.2, 0.25) is 5.88 Å². The molecule has 1 N–H and O–H groups in total. The highest BCUT2D eigenvalue weighted by Crippen LogP contribution is 2.42. The summed E-state index contributed by atoms with van der Waals surface area (Å²) in [5.41, 5.74) is 3.02. The maximum atomic E-state index is 12.2. The molecule has 7 nitrogen and oxygen atoms in total. The van der Waals surface area contributed by atoms with Crippen LogP contribution in [-0.2, 0) is 21.6 Å². The van der Waals surface area contributed by atoms with Crippen molar-refractivity contribution < 1.29 is 24.1 Å². The third kappa shape index (κ3) is 6.33. The number of hydrogen-bond donors (Lipinski definition) is 1. The lowest BCUT2D eigenvalue weighted by Gasteiger charge is -2.38. The fraction of sp³-hybridized carbons (Fsp3) is 0.375. The summed E-state index contributed by atoms with van der Waals surface area (Å²) in [4.78, 5) is 19.1. The monoisotopic (exact) mass is 562 g/mol. The van der Waals surface area contributed by atoms with Crippen LogP contribution in [0.4, 0.5) is 0 Å². The lowest BCUT2D eigenvalue weighted by atomic mass is 9.84. The Morgan fingerprint density at radius 2 is 1.95 bits per heavy atom. The molecule has 5 rings (SSSR count). The first-order valence-corrected chi connectivity index (χ1v) is 14.2. The molecule has 8 heteroatoms. The van der Waals surface area contributed by atoms with Gasteiger partial charge in [-0.15, -0.1) is 0 Å². The van der Waals surface area contributed by atoms with Gasteiger partial charge >= 0.3 is 5.97 Å². The third-order valence-electron chi connectivity index (χ3n) is 7.60. The van der Waals surface area contributed by atoms with Gasteiger partial charge in [0.05, 0.1) is 12.2 Å². The van der Waals surface area contributed by atoms with Crippen molar-refractivity contribution in [3.63, 3.8) is 0 Å². The van der Waals surface area contributed by atoms with Crippen molar-refractivity contribution in [2.24, 2.45) is 0 Å².